The molecule has 0 bridgehead atoms. The quantitative estimate of drug-likeness (QED) is 0.742. The van der Waals surface area contributed by atoms with Crippen LogP contribution in [0.5, 0.6) is 0 Å². The van der Waals surface area contributed by atoms with E-state index in [1.54, 1.807) is 0 Å². The minimum Gasteiger partial charge on any atom is -0.346 e. The number of amides is 1. The maximum Gasteiger partial charge on any atom is 0.222 e. The van der Waals surface area contributed by atoms with Gasteiger partial charge in [-0.25, -0.2) is 4.68 Å². The summed E-state index contributed by atoms with van der Waals surface area (Å²) in [6.07, 6.45) is 1.69. The Kier molecular flexibility index (Phi) is 4.74. The molecule has 7 nitrogen and oxygen atoms in total. The van der Waals surface area contributed by atoms with Gasteiger partial charge in [-0.3, -0.25) is 9.59 Å². The summed E-state index contributed by atoms with van der Waals surface area (Å²) in [5, 5.41) is 13.3. The van der Waals surface area contributed by atoms with Crippen LogP contribution in [0.25, 0.3) is 0 Å². The zero-order valence-corrected chi connectivity index (χ0v) is 10.3. The fourth-order valence-corrected chi connectivity index (χ4v) is 1.48. The molecule has 7 heteroatoms. The van der Waals surface area contributed by atoms with Gasteiger partial charge in [-0.15, -0.1) is 5.10 Å². The number of nitrogens with zero attached hydrogens (tertiary/aromatic N) is 4. The summed E-state index contributed by atoms with van der Waals surface area (Å²) in [6.45, 7) is 5.68. The van der Waals surface area contributed by atoms with Gasteiger partial charge in [-0.2, -0.15) is 0 Å². The van der Waals surface area contributed by atoms with E-state index in [1.807, 2.05) is 13.8 Å². The van der Waals surface area contributed by atoms with Gasteiger partial charge in [0, 0.05) is 6.42 Å². The fraction of sp³-hybridized carbons (Fsp3) is 0.700. The van der Waals surface area contributed by atoms with Crippen LogP contribution in [0.3, 0.4) is 0 Å². The van der Waals surface area contributed by atoms with Crippen molar-refractivity contribution in [3.05, 3.63) is 6.33 Å². The first-order valence-corrected chi connectivity index (χ1v) is 5.51. The Labute approximate surface area is 99.6 Å². The van der Waals surface area contributed by atoms with Crippen LogP contribution in [-0.4, -0.2) is 37.9 Å². The molecule has 1 amide bonds. The summed E-state index contributed by atoms with van der Waals surface area (Å²) in [7, 11) is 0. The van der Waals surface area contributed by atoms with Gasteiger partial charge in [0.05, 0.1) is 12.6 Å². The van der Waals surface area contributed by atoms with Crippen molar-refractivity contribution >= 4 is 11.7 Å². The van der Waals surface area contributed by atoms with Crippen LogP contribution in [0.1, 0.15) is 27.2 Å². The molecule has 1 atom stereocenters. The summed E-state index contributed by atoms with van der Waals surface area (Å²) in [5.74, 6) is -0.116. The highest BCUT2D eigenvalue weighted by atomic mass is 16.2. The average Bonchev–Trinajstić information content (AvgIpc) is 2.74. The van der Waals surface area contributed by atoms with E-state index >= 15 is 0 Å². The first-order chi connectivity index (χ1) is 8.00. The Balaban J connectivity index is 2.40. The minimum absolute atomic E-state index is 0.0317. The summed E-state index contributed by atoms with van der Waals surface area (Å²) in [5.41, 5.74) is 0. The topological polar surface area (TPSA) is 89.8 Å². The third kappa shape index (κ3) is 4.29. The molecule has 17 heavy (non-hydrogen) atoms. The second-order valence-corrected chi connectivity index (χ2v) is 4.22. The van der Waals surface area contributed by atoms with E-state index in [9.17, 15) is 9.59 Å². The van der Waals surface area contributed by atoms with Gasteiger partial charge in [0.1, 0.15) is 6.33 Å². The van der Waals surface area contributed by atoms with Crippen LogP contribution in [0, 0.1) is 5.92 Å². The third-order valence-electron chi connectivity index (χ3n) is 2.38. The molecule has 1 aromatic rings. The SMILES string of the molecule is CC(=O)C(NC(=O)CCn1cnnn1)C(C)C. The highest BCUT2D eigenvalue weighted by Crippen LogP contribution is 2.03. The lowest BCUT2D eigenvalue weighted by molar-refractivity contribution is -0.128. The average molecular weight is 239 g/mol. The summed E-state index contributed by atoms with van der Waals surface area (Å²) in [4.78, 5) is 22.9. The van der Waals surface area contributed by atoms with Crippen molar-refractivity contribution < 1.29 is 9.59 Å². The molecule has 0 aliphatic heterocycles. The second-order valence-electron chi connectivity index (χ2n) is 4.22. The Hall–Kier alpha value is -1.79. The van der Waals surface area contributed by atoms with Crippen LogP contribution < -0.4 is 5.32 Å². The number of aryl methyl sites for hydroxylation is 1. The number of carbonyl (C=O) groups is 2. The minimum atomic E-state index is -0.420. The highest BCUT2D eigenvalue weighted by molar-refractivity contribution is 5.87. The number of aromatic nitrogens is 4. The standard InChI is InChI=1S/C10H17N5O2/c1-7(2)10(8(3)16)12-9(17)4-5-15-6-11-13-14-15/h6-7,10H,4-5H2,1-3H3,(H,12,17). The maximum absolute atomic E-state index is 11.6. The van der Waals surface area contributed by atoms with Crippen LogP contribution in [0.2, 0.25) is 0 Å². The number of ketones is 1. The van der Waals surface area contributed by atoms with Gasteiger partial charge in [0.2, 0.25) is 5.91 Å². The van der Waals surface area contributed by atoms with Crippen molar-refractivity contribution in [1.29, 1.82) is 0 Å². The lowest BCUT2D eigenvalue weighted by Gasteiger charge is -2.19. The monoisotopic (exact) mass is 239 g/mol. The maximum atomic E-state index is 11.6. The van der Waals surface area contributed by atoms with E-state index in [1.165, 1.54) is 17.9 Å². The first-order valence-electron chi connectivity index (χ1n) is 5.51. The Morgan fingerprint density at radius 3 is 2.59 bits per heavy atom. The van der Waals surface area contributed by atoms with E-state index in [2.05, 4.69) is 20.8 Å². The van der Waals surface area contributed by atoms with Gasteiger partial charge in [-0.05, 0) is 23.3 Å². The second kappa shape index (κ2) is 6.07. The van der Waals surface area contributed by atoms with E-state index in [-0.39, 0.29) is 24.0 Å². The molecule has 0 fully saturated rings. The Bertz CT molecular complexity index is 374. The van der Waals surface area contributed by atoms with Crippen molar-refractivity contribution in [2.24, 2.45) is 5.92 Å². The molecule has 1 heterocycles. The van der Waals surface area contributed by atoms with Gasteiger partial charge in [0.15, 0.2) is 5.78 Å². The van der Waals surface area contributed by atoms with Crippen molar-refractivity contribution in [2.45, 2.75) is 39.8 Å². The lowest BCUT2D eigenvalue weighted by atomic mass is 10.0. The van der Waals surface area contributed by atoms with Crippen LogP contribution in [-0.2, 0) is 16.1 Å². The predicted molar refractivity (Wildman–Crippen MR) is 59.9 cm³/mol. The number of Topliss-reactive ketones (excluding diaryl/α,β-unsaturated/α-hetero) is 1. The Morgan fingerprint density at radius 1 is 1.41 bits per heavy atom. The van der Waals surface area contributed by atoms with Gasteiger partial charge < -0.3 is 5.32 Å². The molecule has 0 aliphatic carbocycles. The molecule has 94 valence electrons. The van der Waals surface area contributed by atoms with Gasteiger partial charge in [-0.1, -0.05) is 13.8 Å². The van der Waals surface area contributed by atoms with E-state index in [4.69, 9.17) is 0 Å². The van der Waals surface area contributed by atoms with Crippen LogP contribution >= 0.6 is 0 Å². The number of hydrogen-bond acceptors (Lipinski definition) is 5. The molecule has 1 N–H and O–H groups in total. The number of nitrogens with one attached hydrogen (secondary N) is 1. The van der Waals surface area contributed by atoms with Crippen LogP contribution in [0.4, 0.5) is 0 Å². The van der Waals surface area contributed by atoms with Crippen molar-refractivity contribution in [3.63, 3.8) is 0 Å². The number of carbonyl (C=O) groups excluding carboxylic acids is 2. The normalized spacial score (nSPS) is 12.5. The molecule has 0 aliphatic rings. The predicted octanol–water partition coefficient (Wildman–Crippen LogP) is -0.207. The molecule has 1 unspecified atom stereocenters. The van der Waals surface area contributed by atoms with Crippen LogP contribution in [0.15, 0.2) is 6.33 Å². The van der Waals surface area contributed by atoms with Crippen molar-refractivity contribution in [2.75, 3.05) is 0 Å². The molecule has 0 aromatic carbocycles. The van der Waals surface area contributed by atoms with E-state index in [0.29, 0.717) is 6.54 Å². The molecule has 1 rings (SSSR count). The van der Waals surface area contributed by atoms with E-state index in [0.717, 1.165) is 0 Å². The van der Waals surface area contributed by atoms with Gasteiger partial charge in [0.25, 0.3) is 0 Å². The number of hydrogen-bond donors (Lipinski definition) is 1. The highest BCUT2D eigenvalue weighted by Gasteiger charge is 2.20. The molecule has 0 saturated heterocycles. The summed E-state index contributed by atoms with van der Waals surface area (Å²) >= 11 is 0. The summed E-state index contributed by atoms with van der Waals surface area (Å²) in [6, 6.07) is -0.420. The molecule has 0 radical (unpaired) electrons. The molecular formula is C10H17N5O2. The van der Waals surface area contributed by atoms with Crippen molar-refractivity contribution in [3.8, 4) is 0 Å². The molecular weight excluding hydrogens is 222 g/mol. The zero-order valence-electron chi connectivity index (χ0n) is 10.3. The van der Waals surface area contributed by atoms with Crippen molar-refractivity contribution in [1.82, 2.24) is 25.5 Å². The smallest absolute Gasteiger partial charge is 0.222 e. The van der Waals surface area contributed by atoms with Gasteiger partial charge >= 0.3 is 0 Å². The number of rotatable bonds is 6. The largest absolute Gasteiger partial charge is 0.346 e. The third-order valence-corrected chi connectivity index (χ3v) is 2.38. The first kappa shape index (κ1) is 13.3. The molecule has 1 aromatic heterocycles. The lowest BCUT2D eigenvalue weighted by Crippen LogP contribution is -2.43. The molecule has 0 spiro atoms. The zero-order chi connectivity index (χ0) is 12.8. The molecule has 0 saturated carbocycles. The number of tetrazole rings is 1. The van der Waals surface area contributed by atoms with E-state index < -0.39 is 6.04 Å². The fourth-order valence-electron chi connectivity index (χ4n) is 1.48. The Morgan fingerprint density at radius 2 is 2.12 bits per heavy atom. The summed E-state index contributed by atoms with van der Waals surface area (Å²) < 4.78 is 1.47.